The zero-order chi connectivity index (χ0) is 22.4. The molecule has 8 nitrogen and oxygen atoms in total. The van der Waals surface area contributed by atoms with E-state index in [-0.39, 0.29) is 11.8 Å². The summed E-state index contributed by atoms with van der Waals surface area (Å²) in [5, 5.41) is 5.72. The van der Waals surface area contributed by atoms with Crippen molar-refractivity contribution in [2.45, 2.75) is 19.9 Å². The van der Waals surface area contributed by atoms with Crippen LogP contribution >= 0.6 is 11.6 Å². The van der Waals surface area contributed by atoms with Crippen LogP contribution in [0, 0.1) is 19.3 Å². The van der Waals surface area contributed by atoms with Gasteiger partial charge in [0.05, 0.1) is 28.0 Å². The Morgan fingerprint density at radius 1 is 1.31 bits per heavy atom. The first-order chi connectivity index (χ1) is 15.4. The number of anilines is 1. The highest BCUT2D eigenvalue weighted by Crippen LogP contribution is 2.39. The van der Waals surface area contributed by atoms with Crippen molar-refractivity contribution in [3.8, 4) is 5.69 Å². The number of rotatable bonds is 6. The second-order valence-electron chi connectivity index (χ2n) is 7.82. The number of carbonyl (C=O) groups excluding carboxylic acids is 2. The van der Waals surface area contributed by atoms with Crippen LogP contribution < -0.4 is 21.6 Å². The van der Waals surface area contributed by atoms with Crippen LogP contribution in [0.3, 0.4) is 0 Å². The lowest BCUT2D eigenvalue weighted by molar-refractivity contribution is -0.122. The highest BCUT2D eigenvalue weighted by molar-refractivity contribution is 6.37. The van der Waals surface area contributed by atoms with Gasteiger partial charge in [0, 0.05) is 24.0 Å². The third-order valence-corrected chi connectivity index (χ3v) is 5.88. The van der Waals surface area contributed by atoms with E-state index < -0.39 is 5.91 Å². The number of aromatic nitrogens is 1. The van der Waals surface area contributed by atoms with Crippen LogP contribution in [0.1, 0.15) is 27.9 Å². The summed E-state index contributed by atoms with van der Waals surface area (Å²) in [6, 6.07) is 9.20. The smallest absolute Gasteiger partial charge is 0.250 e. The fourth-order valence-electron chi connectivity index (χ4n) is 3.86. The van der Waals surface area contributed by atoms with Crippen LogP contribution in [-0.4, -0.2) is 16.4 Å². The van der Waals surface area contributed by atoms with Crippen molar-refractivity contribution in [2.24, 2.45) is 11.7 Å². The summed E-state index contributed by atoms with van der Waals surface area (Å²) in [5.74, 6) is -0.543. The molecule has 4 N–H and O–H groups in total. The van der Waals surface area contributed by atoms with Crippen molar-refractivity contribution in [2.75, 3.05) is 5.17 Å². The van der Waals surface area contributed by atoms with Crippen LogP contribution in [0.15, 0.2) is 49.0 Å². The first kappa shape index (κ1) is 20.3. The average Bonchev–Trinajstić information content (AvgIpc) is 3.39. The van der Waals surface area contributed by atoms with E-state index >= 15 is 0 Å². The van der Waals surface area contributed by atoms with Crippen LogP contribution in [0.4, 0.5) is 5.69 Å². The van der Waals surface area contributed by atoms with E-state index in [0.29, 0.717) is 22.8 Å². The lowest BCUT2D eigenvalue weighted by atomic mass is 10.1. The van der Waals surface area contributed by atoms with Gasteiger partial charge in [-0.1, -0.05) is 23.7 Å². The fraction of sp³-hybridized carbons (Fsp3) is 0.174. The highest BCUT2D eigenvalue weighted by Gasteiger charge is 2.29. The van der Waals surface area contributed by atoms with Gasteiger partial charge in [-0.05, 0) is 49.1 Å². The van der Waals surface area contributed by atoms with Gasteiger partial charge >= 0.3 is 0 Å². The monoisotopic (exact) mass is 450 g/mol. The van der Waals surface area contributed by atoms with Gasteiger partial charge in [0.2, 0.25) is 5.91 Å². The molecule has 163 valence electrons. The molecule has 0 bridgehead atoms. The number of nitrogens with two attached hydrogens (primary N) is 1. The van der Waals surface area contributed by atoms with Crippen molar-refractivity contribution in [1.29, 1.82) is 0 Å². The SMILES string of the molecule is Cc1ccc2c(c(Cl)cn2-c2cc(CNC(=O)C3[CH]C3)ccc2C(N)=O)c1N1NC=CO1. The van der Waals surface area contributed by atoms with Gasteiger partial charge in [0.25, 0.3) is 5.91 Å². The van der Waals surface area contributed by atoms with Gasteiger partial charge < -0.3 is 20.5 Å². The molecule has 1 unspecified atom stereocenters. The maximum atomic E-state index is 12.2. The standard InChI is InChI=1S/C23H21ClN5O3/c1-13-2-7-18-20(21(13)29-27-8-9-32-29)17(24)12-28(18)19-10-14(3-6-16(19)22(25)30)11-26-23(31)15-4-5-15/h2-4,6-10,12,15,27H,5,11H2,1H3,(H2,25,30)(H,26,31). The van der Waals surface area contributed by atoms with E-state index in [2.05, 4.69) is 10.7 Å². The quantitative estimate of drug-likeness (QED) is 0.535. The molecule has 5 rings (SSSR count). The van der Waals surface area contributed by atoms with Crippen molar-refractivity contribution in [1.82, 2.24) is 15.3 Å². The van der Waals surface area contributed by atoms with Gasteiger partial charge in [-0.3, -0.25) is 15.0 Å². The van der Waals surface area contributed by atoms with E-state index in [0.717, 1.165) is 34.1 Å². The maximum Gasteiger partial charge on any atom is 0.250 e. The minimum atomic E-state index is -0.554. The molecule has 1 saturated carbocycles. The summed E-state index contributed by atoms with van der Waals surface area (Å²) >= 11 is 6.67. The number of nitrogens with one attached hydrogen (secondary N) is 2. The Hall–Kier alpha value is -3.65. The van der Waals surface area contributed by atoms with Crippen molar-refractivity contribution >= 4 is 40.0 Å². The lowest BCUT2D eigenvalue weighted by Crippen LogP contribution is -2.28. The topological polar surface area (TPSA) is 102 Å². The molecule has 2 heterocycles. The highest BCUT2D eigenvalue weighted by atomic mass is 35.5. The summed E-state index contributed by atoms with van der Waals surface area (Å²) in [7, 11) is 0. The van der Waals surface area contributed by atoms with Crippen LogP contribution in [-0.2, 0) is 16.2 Å². The van der Waals surface area contributed by atoms with Gasteiger partial charge in [-0.25, -0.2) is 0 Å². The molecule has 3 aromatic rings. The summed E-state index contributed by atoms with van der Waals surface area (Å²) in [4.78, 5) is 29.7. The summed E-state index contributed by atoms with van der Waals surface area (Å²) in [6.45, 7) is 2.31. The zero-order valence-electron chi connectivity index (χ0n) is 17.3. The normalized spacial score (nSPS) is 15.0. The summed E-state index contributed by atoms with van der Waals surface area (Å²) in [6.07, 6.45) is 7.73. The Kier molecular flexibility index (Phi) is 4.94. The van der Waals surface area contributed by atoms with Crippen LogP contribution in [0.25, 0.3) is 16.6 Å². The molecular formula is C23H21ClN5O3. The number of nitrogens with zero attached hydrogens (tertiary/aromatic N) is 2. The second kappa shape index (κ2) is 7.80. The Balaban J connectivity index is 1.60. The second-order valence-corrected chi connectivity index (χ2v) is 8.22. The maximum absolute atomic E-state index is 12.2. The Bertz CT molecular complexity index is 1270. The number of carbonyl (C=O) groups is 2. The number of halogens is 1. The Morgan fingerprint density at radius 2 is 2.12 bits per heavy atom. The van der Waals surface area contributed by atoms with Gasteiger partial charge in [0.1, 0.15) is 11.9 Å². The molecular weight excluding hydrogens is 430 g/mol. The molecule has 0 saturated heterocycles. The van der Waals surface area contributed by atoms with Gasteiger partial charge in [-0.2, -0.15) is 0 Å². The molecule has 9 heteroatoms. The molecule has 32 heavy (non-hydrogen) atoms. The third kappa shape index (κ3) is 3.52. The van der Waals surface area contributed by atoms with Gasteiger partial charge in [-0.15, -0.1) is 5.17 Å². The van der Waals surface area contributed by atoms with E-state index in [1.165, 1.54) is 11.4 Å². The minimum absolute atomic E-state index is 0.00382. The molecule has 2 amide bonds. The third-order valence-electron chi connectivity index (χ3n) is 5.59. The predicted molar refractivity (Wildman–Crippen MR) is 122 cm³/mol. The summed E-state index contributed by atoms with van der Waals surface area (Å²) in [5.41, 5.74) is 13.0. The average molecular weight is 451 g/mol. The number of hydrogen-bond acceptors (Lipinski definition) is 5. The van der Waals surface area contributed by atoms with E-state index in [1.54, 1.807) is 24.5 Å². The lowest BCUT2D eigenvalue weighted by Gasteiger charge is -2.20. The number of amides is 2. The van der Waals surface area contributed by atoms with Crippen LogP contribution in [0.2, 0.25) is 5.02 Å². The molecule has 1 aliphatic carbocycles. The zero-order valence-corrected chi connectivity index (χ0v) is 18.0. The summed E-state index contributed by atoms with van der Waals surface area (Å²) < 4.78 is 1.84. The number of aryl methyl sites for hydroxylation is 1. The first-order valence-electron chi connectivity index (χ1n) is 10.2. The largest absolute Gasteiger partial charge is 0.366 e. The Morgan fingerprint density at radius 3 is 2.81 bits per heavy atom. The first-order valence-corrected chi connectivity index (χ1v) is 10.5. The minimum Gasteiger partial charge on any atom is -0.366 e. The van der Waals surface area contributed by atoms with Crippen LogP contribution in [0.5, 0.6) is 0 Å². The van der Waals surface area contributed by atoms with E-state index in [4.69, 9.17) is 22.2 Å². The van der Waals surface area contributed by atoms with Crippen molar-refractivity contribution < 1.29 is 14.4 Å². The van der Waals surface area contributed by atoms with Gasteiger partial charge in [0.15, 0.2) is 0 Å². The number of hydrogen-bond donors (Lipinski definition) is 3. The van der Waals surface area contributed by atoms with E-state index in [9.17, 15) is 9.59 Å². The van der Waals surface area contributed by atoms with Crippen molar-refractivity contribution in [3.63, 3.8) is 0 Å². The molecule has 1 aromatic heterocycles. The predicted octanol–water partition coefficient (Wildman–Crippen LogP) is 3.26. The molecule has 2 aromatic carbocycles. The molecule has 2 aliphatic rings. The Labute approximate surface area is 189 Å². The van der Waals surface area contributed by atoms with E-state index in [1.807, 2.05) is 36.1 Å². The molecule has 1 radical (unpaired) electrons. The molecule has 1 aliphatic heterocycles. The van der Waals surface area contributed by atoms with Crippen molar-refractivity contribution in [3.05, 3.63) is 77.1 Å². The number of fused-ring (bicyclic) bond motifs is 1. The molecule has 0 spiro atoms. The number of hydrazine groups is 1. The number of primary amides is 1. The molecule has 1 atom stereocenters. The fourth-order valence-corrected chi connectivity index (χ4v) is 4.15. The number of benzene rings is 2. The molecule has 1 fully saturated rings.